The second-order valence-corrected chi connectivity index (χ2v) is 4.94. The van der Waals surface area contributed by atoms with Gasteiger partial charge in [0.05, 0.1) is 6.54 Å². The quantitative estimate of drug-likeness (QED) is 0.787. The molecule has 0 atom stereocenters. The van der Waals surface area contributed by atoms with Crippen molar-refractivity contribution in [1.82, 2.24) is 29.9 Å². The van der Waals surface area contributed by atoms with E-state index in [1.54, 1.807) is 0 Å². The van der Waals surface area contributed by atoms with Gasteiger partial charge in [-0.15, -0.1) is 10.2 Å². The van der Waals surface area contributed by atoms with Crippen LogP contribution in [0.15, 0.2) is 18.5 Å². The van der Waals surface area contributed by atoms with Crippen molar-refractivity contribution in [1.29, 1.82) is 0 Å². The third-order valence-corrected chi connectivity index (χ3v) is 3.52. The fraction of sp³-hybridized carbons (Fsp3) is 0.615. The van der Waals surface area contributed by atoms with Crippen LogP contribution in [0.2, 0.25) is 0 Å². The van der Waals surface area contributed by atoms with Crippen LogP contribution in [0.4, 0.5) is 0 Å². The number of nitrogens with one attached hydrogen (secondary N) is 1. The fourth-order valence-corrected chi connectivity index (χ4v) is 2.50. The van der Waals surface area contributed by atoms with E-state index in [0.29, 0.717) is 0 Å². The van der Waals surface area contributed by atoms with Crippen molar-refractivity contribution in [2.75, 3.05) is 6.54 Å². The van der Waals surface area contributed by atoms with Crippen molar-refractivity contribution >= 4 is 0 Å². The van der Waals surface area contributed by atoms with Crippen LogP contribution in [-0.4, -0.2) is 31.1 Å². The number of fused-ring (bicyclic) bond motifs is 1. The molecule has 1 aliphatic heterocycles. The second-order valence-electron chi connectivity index (χ2n) is 4.94. The minimum absolute atomic E-state index is 0.812. The Hall–Kier alpha value is -1.69. The monoisotopic (exact) mass is 260 g/mol. The number of hydrogen-bond acceptors (Lipinski definition) is 4. The molecule has 0 amide bonds. The molecule has 0 saturated heterocycles. The van der Waals surface area contributed by atoms with Crippen LogP contribution in [0.1, 0.15) is 30.9 Å². The van der Waals surface area contributed by atoms with Gasteiger partial charge in [-0.05, 0) is 31.9 Å². The average Bonchev–Trinajstić information content (AvgIpc) is 3.08. The number of hydrogen-bond donors (Lipinski definition) is 1. The highest BCUT2D eigenvalue weighted by molar-refractivity contribution is 4.98. The standard InChI is InChI=1S/C13H20N6/c1-2-10-19-12(5-1)16-17-13(19)11-14-6-3-8-18-9-4-7-15-18/h4,7,9,14H,1-3,5-6,8,10-11H2. The predicted molar refractivity (Wildman–Crippen MR) is 71.5 cm³/mol. The Bertz CT molecular complexity index is 501. The van der Waals surface area contributed by atoms with Crippen molar-refractivity contribution in [3.63, 3.8) is 0 Å². The zero-order valence-electron chi connectivity index (χ0n) is 11.1. The number of nitrogens with zero attached hydrogens (tertiary/aromatic N) is 5. The topological polar surface area (TPSA) is 60.6 Å². The summed E-state index contributed by atoms with van der Waals surface area (Å²) in [5, 5.41) is 16.2. The lowest BCUT2D eigenvalue weighted by Gasteiger charge is -2.14. The van der Waals surface area contributed by atoms with Gasteiger partial charge in [-0.2, -0.15) is 5.10 Å². The molecule has 6 nitrogen and oxygen atoms in total. The van der Waals surface area contributed by atoms with Crippen molar-refractivity contribution in [2.24, 2.45) is 0 Å². The molecule has 3 rings (SSSR count). The van der Waals surface area contributed by atoms with Gasteiger partial charge < -0.3 is 9.88 Å². The van der Waals surface area contributed by atoms with E-state index in [-0.39, 0.29) is 0 Å². The molecular weight excluding hydrogens is 240 g/mol. The molecule has 2 aromatic heterocycles. The molecule has 0 spiro atoms. The van der Waals surface area contributed by atoms with Gasteiger partial charge in [-0.25, -0.2) is 0 Å². The molecule has 1 aliphatic rings. The van der Waals surface area contributed by atoms with Gasteiger partial charge in [-0.3, -0.25) is 4.68 Å². The van der Waals surface area contributed by atoms with Crippen LogP contribution in [0.5, 0.6) is 0 Å². The minimum Gasteiger partial charge on any atom is -0.314 e. The summed E-state index contributed by atoms with van der Waals surface area (Å²) in [6.45, 7) is 3.82. The first-order valence-corrected chi connectivity index (χ1v) is 7.02. The SMILES string of the molecule is c1cnn(CCCNCc2nnc3n2CCCC3)c1. The summed E-state index contributed by atoms with van der Waals surface area (Å²) in [7, 11) is 0. The first kappa shape index (κ1) is 12.3. The lowest BCUT2D eigenvalue weighted by atomic mass is 10.2. The van der Waals surface area contributed by atoms with Gasteiger partial charge in [0.1, 0.15) is 11.6 Å². The first-order valence-electron chi connectivity index (χ1n) is 7.02. The van der Waals surface area contributed by atoms with Crippen LogP contribution in [0, 0.1) is 0 Å². The zero-order valence-corrected chi connectivity index (χ0v) is 11.1. The highest BCUT2D eigenvalue weighted by Gasteiger charge is 2.14. The van der Waals surface area contributed by atoms with E-state index in [1.807, 2.05) is 23.1 Å². The van der Waals surface area contributed by atoms with E-state index in [4.69, 9.17) is 0 Å². The van der Waals surface area contributed by atoms with Crippen molar-refractivity contribution in [2.45, 2.75) is 45.3 Å². The number of aryl methyl sites for hydroxylation is 2. The molecule has 102 valence electrons. The van der Waals surface area contributed by atoms with Crippen LogP contribution in [-0.2, 0) is 26.1 Å². The van der Waals surface area contributed by atoms with Crippen LogP contribution in [0.25, 0.3) is 0 Å². The molecule has 0 aliphatic carbocycles. The molecule has 2 aromatic rings. The van der Waals surface area contributed by atoms with Crippen LogP contribution < -0.4 is 5.32 Å². The molecule has 0 saturated carbocycles. The van der Waals surface area contributed by atoms with E-state index in [9.17, 15) is 0 Å². The van der Waals surface area contributed by atoms with Gasteiger partial charge in [-0.1, -0.05) is 0 Å². The number of rotatable bonds is 6. The van der Waals surface area contributed by atoms with E-state index in [1.165, 1.54) is 12.8 Å². The van der Waals surface area contributed by atoms with Gasteiger partial charge in [0.25, 0.3) is 0 Å². The van der Waals surface area contributed by atoms with E-state index in [0.717, 1.165) is 50.7 Å². The molecule has 0 bridgehead atoms. The highest BCUT2D eigenvalue weighted by Crippen LogP contribution is 2.13. The summed E-state index contributed by atoms with van der Waals surface area (Å²) in [5.74, 6) is 2.23. The molecule has 3 heterocycles. The zero-order chi connectivity index (χ0) is 12.9. The maximum atomic E-state index is 4.28. The minimum atomic E-state index is 0.812. The Morgan fingerprint density at radius 3 is 3.16 bits per heavy atom. The summed E-state index contributed by atoms with van der Waals surface area (Å²) in [4.78, 5) is 0. The van der Waals surface area contributed by atoms with Gasteiger partial charge in [0, 0.05) is 31.9 Å². The summed E-state index contributed by atoms with van der Waals surface area (Å²) in [6, 6.07) is 1.95. The molecule has 19 heavy (non-hydrogen) atoms. The molecule has 0 aromatic carbocycles. The summed E-state index contributed by atoms with van der Waals surface area (Å²) < 4.78 is 4.23. The average molecular weight is 260 g/mol. The Kier molecular flexibility index (Phi) is 3.88. The highest BCUT2D eigenvalue weighted by atomic mass is 15.3. The maximum absolute atomic E-state index is 4.28. The second kappa shape index (κ2) is 5.97. The van der Waals surface area contributed by atoms with Crippen molar-refractivity contribution in [3.8, 4) is 0 Å². The molecule has 0 radical (unpaired) electrons. The molecule has 6 heteroatoms. The Balaban J connectivity index is 1.41. The Morgan fingerprint density at radius 1 is 1.26 bits per heavy atom. The summed E-state index contributed by atoms with van der Waals surface area (Å²) in [6.07, 6.45) is 8.45. The van der Waals surface area contributed by atoms with Crippen LogP contribution >= 0.6 is 0 Å². The Labute approximate surface area is 112 Å². The first-order chi connectivity index (χ1) is 9.43. The Morgan fingerprint density at radius 2 is 2.26 bits per heavy atom. The smallest absolute Gasteiger partial charge is 0.147 e. The van der Waals surface area contributed by atoms with E-state index < -0.39 is 0 Å². The third kappa shape index (κ3) is 3.01. The largest absolute Gasteiger partial charge is 0.314 e. The molecule has 0 unspecified atom stereocenters. The summed E-state index contributed by atoms with van der Waals surface area (Å²) >= 11 is 0. The lowest BCUT2D eigenvalue weighted by Crippen LogP contribution is -2.21. The lowest BCUT2D eigenvalue weighted by molar-refractivity contribution is 0.489. The van der Waals surface area contributed by atoms with Gasteiger partial charge >= 0.3 is 0 Å². The van der Waals surface area contributed by atoms with E-state index in [2.05, 4.69) is 25.2 Å². The normalized spacial score (nSPS) is 14.5. The molecule has 0 fully saturated rings. The van der Waals surface area contributed by atoms with Crippen molar-refractivity contribution < 1.29 is 0 Å². The maximum Gasteiger partial charge on any atom is 0.147 e. The molecular formula is C13H20N6. The fourth-order valence-electron chi connectivity index (χ4n) is 2.50. The van der Waals surface area contributed by atoms with Crippen molar-refractivity contribution in [3.05, 3.63) is 30.1 Å². The van der Waals surface area contributed by atoms with Crippen LogP contribution in [0.3, 0.4) is 0 Å². The van der Waals surface area contributed by atoms with Gasteiger partial charge in [0.2, 0.25) is 0 Å². The van der Waals surface area contributed by atoms with Gasteiger partial charge in [0.15, 0.2) is 0 Å². The third-order valence-electron chi connectivity index (χ3n) is 3.52. The molecule has 1 N–H and O–H groups in total. The number of aromatic nitrogens is 5. The summed E-state index contributed by atoms with van der Waals surface area (Å²) in [5.41, 5.74) is 0. The predicted octanol–water partition coefficient (Wildman–Crippen LogP) is 0.991. The van der Waals surface area contributed by atoms with E-state index >= 15 is 0 Å².